The van der Waals surface area contributed by atoms with Crippen molar-refractivity contribution in [1.82, 2.24) is 4.90 Å². The third-order valence-electron chi connectivity index (χ3n) is 2.67. The number of amides is 1. The molecule has 0 aromatic heterocycles. The summed E-state index contributed by atoms with van der Waals surface area (Å²) in [4.78, 5) is 13.8. The van der Waals surface area contributed by atoms with E-state index in [0.717, 1.165) is 17.5 Å². The van der Waals surface area contributed by atoms with Crippen molar-refractivity contribution < 1.29 is 9.90 Å². The molecule has 1 amide bonds. The van der Waals surface area contributed by atoms with Crippen molar-refractivity contribution in [2.24, 2.45) is 0 Å². The Morgan fingerprint density at radius 1 is 1.31 bits per heavy atom. The fourth-order valence-electron chi connectivity index (χ4n) is 1.73. The maximum atomic E-state index is 12.2. The molecule has 88 valence electrons. The Kier molecular flexibility index (Phi) is 4.99. The lowest BCUT2D eigenvalue weighted by Gasteiger charge is -2.21. The monoisotopic (exact) mass is 221 g/mol. The quantitative estimate of drug-likeness (QED) is 0.822. The number of hydrogen-bond acceptors (Lipinski definition) is 2. The van der Waals surface area contributed by atoms with Gasteiger partial charge in [0, 0.05) is 18.7 Å². The van der Waals surface area contributed by atoms with Gasteiger partial charge in [0.2, 0.25) is 0 Å². The first kappa shape index (κ1) is 12.7. The molecule has 0 spiro atoms. The zero-order valence-electron chi connectivity index (χ0n) is 9.94. The standard InChI is InChI=1S/C13H19NO2/c1-3-11-7-5-6-8-12(11)13(16)14(4-2)9-10-15/h5-8,15H,3-4,9-10H2,1-2H3. The summed E-state index contributed by atoms with van der Waals surface area (Å²) in [5.41, 5.74) is 1.81. The fourth-order valence-corrected chi connectivity index (χ4v) is 1.73. The number of carbonyl (C=O) groups is 1. The molecule has 1 rings (SSSR count). The number of rotatable bonds is 5. The van der Waals surface area contributed by atoms with Crippen LogP contribution < -0.4 is 0 Å². The number of nitrogens with zero attached hydrogens (tertiary/aromatic N) is 1. The average Bonchev–Trinajstić information content (AvgIpc) is 2.35. The maximum absolute atomic E-state index is 12.2. The second kappa shape index (κ2) is 6.28. The van der Waals surface area contributed by atoms with E-state index in [9.17, 15) is 4.79 Å². The first-order valence-electron chi connectivity index (χ1n) is 5.72. The first-order valence-corrected chi connectivity index (χ1v) is 5.72. The van der Waals surface area contributed by atoms with E-state index in [1.807, 2.05) is 38.1 Å². The number of hydrogen-bond donors (Lipinski definition) is 1. The van der Waals surface area contributed by atoms with E-state index >= 15 is 0 Å². The molecule has 3 nitrogen and oxygen atoms in total. The van der Waals surface area contributed by atoms with Gasteiger partial charge in [0.1, 0.15) is 0 Å². The summed E-state index contributed by atoms with van der Waals surface area (Å²) in [5, 5.41) is 8.90. The van der Waals surface area contributed by atoms with E-state index in [0.29, 0.717) is 13.1 Å². The molecule has 0 saturated heterocycles. The molecule has 1 aromatic rings. The molecule has 0 radical (unpaired) electrons. The molecule has 1 aromatic carbocycles. The maximum Gasteiger partial charge on any atom is 0.254 e. The van der Waals surface area contributed by atoms with Crippen molar-refractivity contribution >= 4 is 5.91 Å². The zero-order valence-corrected chi connectivity index (χ0v) is 9.94. The molecule has 0 fully saturated rings. The normalized spacial score (nSPS) is 10.2. The fraction of sp³-hybridized carbons (Fsp3) is 0.462. The average molecular weight is 221 g/mol. The van der Waals surface area contributed by atoms with E-state index in [2.05, 4.69) is 0 Å². The summed E-state index contributed by atoms with van der Waals surface area (Å²) in [6.07, 6.45) is 0.846. The van der Waals surface area contributed by atoms with Crippen molar-refractivity contribution in [2.45, 2.75) is 20.3 Å². The highest BCUT2D eigenvalue weighted by atomic mass is 16.3. The minimum absolute atomic E-state index is 0.00781. The minimum Gasteiger partial charge on any atom is -0.395 e. The highest BCUT2D eigenvalue weighted by Crippen LogP contribution is 2.12. The van der Waals surface area contributed by atoms with Crippen LogP contribution in [-0.4, -0.2) is 35.6 Å². The lowest BCUT2D eigenvalue weighted by atomic mass is 10.0. The number of aryl methyl sites for hydroxylation is 1. The molecule has 0 bridgehead atoms. The van der Waals surface area contributed by atoms with Crippen LogP contribution in [0.15, 0.2) is 24.3 Å². The molecule has 0 atom stereocenters. The molecule has 0 heterocycles. The molecule has 0 aliphatic heterocycles. The van der Waals surface area contributed by atoms with Crippen molar-refractivity contribution in [2.75, 3.05) is 19.7 Å². The van der Waals surface area contributed by atoms with E-state index in [1.54, 1.807) is 4.90 Å². The van der Waals surface area contributed by atoms with Crippen LogP contribution in [0.25, 0.3) is 0 Å². The molecule has 1 N–H and O–H groups in total. The predicted molar refractivity (Wildman–Crippen MR) is 64.5 cm³/mol. The van der Waals surface area contributed by atoms with E-state index in [1.165, 1.54) is 0 Å². The summed E-state index contributed by atoms with van der Waals surface area (Å²) in [7, 11) is 0. The van der Waals surface area contributed by atoms with Crippen LogP contribution in [0, 0.1) is 0 Å². The second-order valence-electron chi connectivity index (χ2n) is 3.62. The van der Waals surface area contributed by atoms with Crippen molar-refractivity contribution in [3.63, 3.8) is 0 Å². The van der Waals surface area contributed by atoms with Gasteiger partial charge >= 0.3 is 0 Å². The number of aliphatic hydroxyl groups excluding tert-OH is 1. The Morgan fingerprint density at radius 2 is 2.00 bits per heavy atom. The van der Waals surface area contributed by atoms with Gasteiger partial charge in [-0.15, -0.1) is 0 Å². The van der Waals surface area contributed by atoms with Crippen molar-refractivity contribution in [3.8, 4) is 0 Å². The molecule has 0 aliphatic carbocycles. The minimum atomic E-state index is 0.00781. The third kappa shape index (κ3) is 2.83. The smallest absolute Gasteiger partial charge is 0.254 e. The molecule has 3 heteroatoms. The SMILES string of the molecule is CCc1ccccc1C(=O)N(CC)CCO. The summed E-state index contributed by atoms with van der Waals surface area (Å²) < 4.78 is 0. The van der Waals surface area contributed by atoms with Gasteiger partial charge < -0.3 is 10.0 Å². The van der Waals surface area contributed by atoms with Gasteiger partial charge in [-0.2, -0.15) is 0 Å². The Bertz CT molecular complexity index is 350. The van der Waals surface area contributed by atoms with Gasteiger partial charge in [0.15, 0.2) is 0 Å². The second-order valence-corrected chi connectivity index (χ2v) is 3.62. The Labute approximate surface area is 96.7 Å². The highest BCUT2D eigenvalue weighted by molar-refractivity contribution is 5.95. The highest BCUT2D eigenvalue weighted by Gasteiger charge is 2.15. The summed E-state index contributed by atoms with van der Waals surface area (Å²) in [5.74, 6) is 0.00833. The number of likely N-dealkylation sites (N-methyl/N-ethyl adjacent to an activating group) is 1. The number of carbonyl (C=O) groups excluding carboxylic acids is 1. The van der Waals surface area contributed by atoms with Crippen LogP contribution >= 0.6 is 0 Å². The molecular weight excluding hydrogens is 202 g/mol. The Hall–Kier alpha value is -1.35. The largest absolute Gasteiger partial charge is 0.395 e. The Morgan fingerprint density at radius 3 is 2.56 bits per heavy atom. The topological polar surface area (TPSA) is 40.5 Å². The molecule has 0 aliphatic rings. The molecular formula is C13H19NO2. The van der Waals surface area contributed by atoms with Crippen molar-refractivity contribution in [3.05, 3.63) is 35.4 Å². The predicted octanol–water partition coefficient (Wildman–Crippen LogP) is 1.70. The van der Waals surface area contributed by atoms with Gasteiger partial charge in [-0.25, -0.2) is 0 Å². The lowest BCUT2D eigenvalue weighted by Crippen LogP contribution is -2.33. The summed E-state index contributed by atoms with van der Waals surface area (Å²) in [6, 6.07) is 7.64. The molecule has 16 heavy (non-hydrogen) atoms. The molecule has 0 saturated carbocycles. The van der Waals surface area contributed by atoms with Crippen LogP contribution in [-0.2, 0) is 6.42 Å². The summed E-state index contributed by atoms with van der Waals surface area (Å²) >= 11 is 0. The van der Waals surface area contributed by atoms with Crippen LogP contribution in [0.5, 0.6) is 0 Å². The lowest BCUT2D eigenvalue weighted by molar-refractivity contribution is 0.0731. The number of benzene rings is 1. The van der Waals surface area contributed by atoms with E-state index in [-0.39, 0.29) is 12.5 Å². The van der Waals surface area contributed by atoms with E-state index in [4.69, 9.17) is 5.11 Å². The van der Waals surface area contributed by atoms with Crippen LogP contribution in [0.4, 0.5) is 0 Å². The summed E-state index contributed by atoms with van der Waals surface area (Å²) in [6.45, 7) is 4.98. The Balaban J connectivity index is 2.93. The van der Waals surface area contributed by atoms with Gasteiger partial charge in [0.05, 0.1) is 6.61 Å². The van der Waals surface area contributed by atoms with Crippen molar-refractivity contribution in [1.29, 1.82) is 0 Å². The van der Waals surface area contributed by atoms with Crippen LogP contribution in [0.3, 0.4) is 0 Å². The zero-order chi connectivity index (χ0) is 12.0. The van der Waals surface area contributed by atoms with Gasteiger partial charge in [-0.1, -0.05) is 25.1 Å². The van der Waals surface area contributed by atoms with Crippen LogP contribution in [0.2, 0.25) is 0 Å². The van der Waals surface area contributed by atoms with Gasteiger partial charge in [-0.3, -0.25) is 4.79 Å². The van der Waals surface area contributed by atoms with Crippen LogP contribution in [0.1, 0.15) is 29.8 Å². The third-order valence-corrected chi connectivity index (χ3v) is 2.67. The van der Waals surface area contributed by atoms with Gasteiger partial charge in [0.25, 0.3) is 5.91 Å². The van der Waals surface area contributed by atoms with E-state index < -0.39 is 0 Å². The molecule has 0 unspecified atom stereocenters. The number of aliphatic hydroxyl groups is 1. The first-order chi connectivity index (χ1) is 7.74. The van der Waals surface area contributed by atoms with Gasteiger partial charge in [-0.05, 0) is 25.0 Å².